The zero-order valence-electron chi connectivity index (χ0n) is 15.1. The molecule has 1 aliphatic heterocycles. The van der Waals surface area contributed by atoms with Gasteiger partial charge in [-0.1, -0.05) is 6.92 Å². The maximum atomic E-state index is 13.7. The van der Waals surface area contributed by atoms with Gasteiger partial charge in [0.25, 0.3) is 0 Å². The number of fused-ring (bicyclic) bond motifs is 1. The predicted molar refractivity (Wildman–Crippen MR) is 95.5 cm³/mol. The van der Waals surface area contributed by atoms with Gasteiger partial charge in [-0.2, -0.15) is 0 Å². The Morgan fingerprint density at radius 2 is 1.93 bits per heavy atom. The van der Waals surface area contributed by atoms with Gasteiger partial charge in [0.05, 0.1) is 6.61 Å². The van der Waals surface area contributed by atoms with Crippen LogP contribution in [0.2, 0.25) is 0 Å². The summed E-state index contributed by atoms with van der Waals surface area (Å²) in [6, 6.07) is 3.27. The Labute approximate surface area is 156 Å². The van der Waals surface area contributed by atoms with Crippen molar-refractivity contribution in [2.75, 3.05) is 26.3 Å². The van der Waals surface area contributed by atoms with Gasteiger partial charge in [0.1, 0.15) is 24.3 Å². The lowest BCUT2D eigenvalue weighted by atomic mass is 10.1. The normalized spacial score (nSPS) is 21.3. The molecule has 0 bridgehead atoms. The minimum atomic E-state index is -1.26. The summed E-state index contributed by atoms with van der Waals surface area (Å²) in [6.45, 7) is 5.13. The smallest absolute Gasteiger partial charge is 0.328 e. The Hall–Kier alpha value is -2.45. The molecule has 0 radical (unpaired) electrons. The van der Waals surface area contributed by atoms with E-state index >= 15 is 0 Å². The summed E-state index contributed by atoms with van der Waals surface area (Å²) in [5, 5.41) is 18.9. The topological polar surface area (TPSA) is 105 Å². The number of carbonyl (C=O) groups is 2. The molecule has 0 amide bonds. The van der Waals surface area contributed by atoms with Crippen LogP contribution in [0.25, 0.3) is 0 Å². The molecule has 1 aromatic rings. The molecule has 1 heterocycles. The Balaban J connectivity index is 0.000000279. The van der Waals surface area contributed by atoms with Crippen molar-refractivity contribution in [3.8, 4) is 5.75 Å². The summed E-state index contributed by atoms with van der Waals surface area (Å²) in [6.07, 6.45) is 2.93. The molecular formula is C19H24FNO6. The number of ether oxygens (including phenoxy) is 2. The molecule has 0 spiro atoms. The maximum Gasteiger partial charge on any atom is 0.328 e. The van der Waals surface area contributed by atoms with E-state index in [0.717, 1.165) is 49.4 Å². The molecule has 2 atom stereocenters. The molecule has 1 fully saturated rings. The summed E-state index contributed by atoms with van der Waals surface area (Å²) in [7, 11) is 0. The first-order chi connectivity index (χ1) is 12.9. The highest BCUT2D eigenvalue weighted by molar-refractivity contribution is 5.89. The van der Waals surface area contributed by atoms with E-state index in [4.69, 9.17) is 19.7 Å². The third-order valence-electron chi connectivity index (χ3n) is 4.23. The van der Waals surface area contributed by atoms with Gasteiger partial charge in [0, 0.05) is 30.8 Å². The number of halogens is 1. The van der Waals surface area contributed by atoms with Gasteiger partial charge in [0.2, 0.25) is 0 Å². The van der Waals surface area contributed by atoms with E-state index in [1.807, 2.05) is 0 Å². The number of nitrogens with one attached hydrogen (secondary N) is 1. The standard InChI is InChI=1S/C15H20FNO2.C4H4O4/c1-10-6-12-13(7-10)15(3-2-14(12)16)19-9-11-8-17-4-5-18-11;5-3(6)1-2-4(7)8/h2-3,10-11,17H,4-9H2,1H3;1-2H,(H,5,6)(H,7,8)/b;2-1+. The van der Waals surface area contributed by atoms with E-state index in [-0.39, 0.29) is 11.9 Å². The first kappa shape index (κ1) is 20.9. The highest BCUT2D eigenvalue weighted by Crippen LogP contribution is 2.35. The van der Waals surface area contributed by atoms with Crippen LogP contribution in [0.5, 0.6) is 5.75 Å². The van der Waals surface area contributed by atoms with Crippen LogP contribution in [-0.2, 0) is 27.2 Å². The van der Waals surface area contributed by atoms with Gasteiger partial charge >= 0.3 is 11.9 Å². The van der Waals surface area contributed by atoms with E-state index in [2.05, 4.69) is 12.2 Å². The van der Waals surface area contributed by atoms with E-state index in [0.29, 0.717) is 24.7 Å². The van der Waals surface area contributed by atoms with Gasteiger partial charge in [-0.3, -0.25) is 0 Å². The fourth-order valence-corrected chi connectivity index (χ4v) is 3.04. The van der Waals surface area contributed by atoms with E-state index < -0.39 is 11.9 Å². The van der Waals surface area contributed by atoms with Gasteiger partial charge in [-0.15, -0.1) is 0 Å². The highest BCUT2D eigenvalue weighted by Gasteiger charge is 2.25. The number of benzene rings is 1. The number of carboxylic acids is 2. The molecule has 148 valence electrons. The first-order valence-electron chi connectivity index (χ1n) is 8.76. The van der Waals surface area contributed by atoms with Crippen molar-refractivity contribution in [1.82, 2.24) is 5.32 Å². The van der Waals surface area contributed by atoms with Crippen molar-refractivity contribution in [2.24, 2.45) is 5.92 Å². The summed E-state index contributed by atoms with van der Waals surface area (Å²) < 4.78 is 25.2. The lowest BCUT2D eigenvalue weighted by Gasteiger charge is -2.24. The van der Waals surface area contributed by atoms with Gasteiger partial charge in [-0.25, -0.2) is 14.0 Å². The minimum Gasteiger partial charge on any atom is -0.491 e. The van der Waals surface area contributed by atoms with E-state index in [1.165, 1.54) is 6.07 Å². The number of morpholine rings is 1. The highest BCUT2D eigenvalue weighted by atomic mass is 19.1. The molecule has 0 saturated carbocycles. The van der Waals surface area contributed by atoms with Crippen LogP contribution in [0.15, 0.2) is 24.3 Å². The second kappa shape index (κ2) is 10.0. The van der Waals surface area contributed by atoms with Crippen LogP contribution in [0.3, 0.4) is 0 Å². The predicted octanol–water partition coefficient (Wildman–Crippen LogP) is 1.64. The fraction of sp³-hybridized carbons (Fsp3) is 0.474. The van der Waals surface area contributed by atoms with Gasteiger partial charge in [0.15, 0.2) is 0 Å². The fourth-order valence-electron chi connectivity index (χ4n) is 3.04. The van der Waals surface area contributed by atoms with Crippen LogP contribution in [0.1, 0.15) is 18.1 Å². The summed E-state index contributed by atoms with van der Waals surface area (Å²) >= 11 is 0. The summed E-state index contributed by atoms with van der Waals surface area (Å²) in [5.41, 5.74) is 1.89. The lowest BCUT2D eigenvalue weighted by molar-refractivity contribution is -0.134. The quantitative estimate of drug-likeness (QED) is 0.666. The zero-order chi connectivity index (χ0) is 19.8. The van der Waals surface area contributed by atoms with Crippen LogP contribution >= 0.6 is 0 Å². The van der Waals surface area contributed by atoms with Crippen molar-refractivity contribution in [3.05, 3.63) is 41.2 Å². The van der Waals surface area contributed by atoms with Crippen molar-refractivity contribution in [1.29, 1.82) is 0 Å². The maximum absolute atomic E-state index is 13.7. The van der Waals surface area contributed by atoms with Crippen LogP contribution < -0.4 is 10.1 Å². The molecule has 3 rings (SSSR count). The molecule has 2 unspecified atom stereocenters. The number of rotatable bonds is 5. The number of carboxylic acid groups (broad SMARTS) is 2. The largest absolute Gasteiger partial charge is 0.491 e. The molecular weight excluding hydrogens is 357 g/mol. The molecule has 2 aliphatic rings. The van der Waals surface area contributed by atoms with Crippen LogP contribution in [0, 0.1) is 11.7 Å². The zero-order valence-corrected chi connectivity index (χ0v) is 15.1. The first-order valence-corrected chi connectivity index (χ1v) is 8.76. The van der Waals surface area contributed by atoms with Crippen LogP contribution in [0.4, 0.5) is 4.39 Å². The number of hydrogen-bond acceptors (Lipinski definition) is 5. The van der Waals surface area contributed by atoms with Crippen molar-refractivity contribution >= 4 is 11.9 Å². The molecule has 8 heteroatoms. The van der Waals surface area contributed by atoms with Gasteiger partial charge in [-0.05, 0) is 36.5 Å². The molecule has 1 aliphatic carbocycles. The van der Waals surface area contributed by atoms with E-state index in [9.17, 15) is 14.0 Å². The second-order valence-corrected chi connectivity index (χ2v) is 6.53. The Morgan fingerprint density at radius 3 is 2.52 bits per heavy atom. The monoisotopic (exact) mass is 381 g/mol. The van der Waals surface area contributed by atoms with Crippen molar-refractivity contribution in [2.45, 2.75) is 25.9 Å². The lowest BCUT2D eigenvalue weighted by Crippen LogP contribution is -2.41. The second-order valence-electron chi connectivity index (χ2n) is 6.53. The molecule has 3 N–H and O–H groups in total. The third-order valence-corrected chi connectivity index (χ3v) is 4.23. The van der Waals surface area contributed by atoms with Crippen LogP contribution in [-0.4, -0.2) is 54.6 Å². The third kappa shape index (κ3) is 6.65. The Kier molecular flexibility index (Phi) is 7.75. The Bertz CT molecular complexity index is 684. The van der Waals surface area contributed by atoms with Gasteiger partial charge < -0.3 is 25.0 Å². The summed E-state index contributed by atoms with van der Waals surface area (Å²) in [5.74, 6) is -1.28. The SMILES string of the molecule is CC1Cc2c(F)ccc(OCC3CNCCO3)c2C1.O=C(O)/C=C/C(=O)O. The van der Waals surface area contributed by atoms with E-state index in [1.54, 1.807) is 6.07 Å². The molecule has 1 aromatic carbocycles. The molecule has 7 nitrogen and oxygen atoms in total. The average molecular weight is 381 g/mol. The number of aliphatic carboxylic acids is 2. The Morgan fingerprint density at radius 1 is 1.26 bits per heavy atom. The number of hydrogen-bond donors (Lipinski definition) is 3. The summed E-state index contributed by atoms with van der Waals surface area (Å²) in [4.78, 5) is 19.1. The minimum absolute atomic E-state index is 0.0910. The molecule has 27 heavy (non-hydrogen) atoms. The van der Waals surface area contributed by atoms with Crippen molar-refractivity contribution in [3.63, 3.8) is 0 Å². The molecule has 1 saturated heterocycles. The molecule has 0 aromatic heterocycles. The average Bonchev–Trinajstić information content (AvgIpc) is 3.03. The van der Waals surface area contributed by atoms with Crippen molar-refractivity contribution < 1.29 is 33.7 Å².